The van der Waals surface area contributed by atoms with Crippen molar-refractivity contribution >= 4 is 15.9 Å². The largest absolute Gasteiger partial charge is 0.454 e. The highest BCUT2D eigenvalue weighted by Crippen LogP contribution is 2.42. The van der Waals surface area contributed by atoms with E-state index in [9.17, 15) is 4.39 Å². The van der Waals surface area contributed by atoms with Crippen LogP contribution in [0.3, 0.4) is 0 Å². The fourth-order valence-corrected chi connectivity index (χ4v) is 2.07. The molecule has 0 aliphatic carbocycles. The smallest absolute Gasteiger partial charge is 0.231 e. The summed E-state index contributed by atoms with van der Waals surface area (Å²) in [5.41, 5.74) is 6.00. The summed E-state index contributed by atoms with van der Waals surface area (Å²) in [6.45, 7) is 0.694. The van der Waals surface area contributed by atoms with E-state index in [-0.39, 0.29) is 12.6 Å². The summed E-state index contributed by atoms with van der Waals surface area (Å²) < 4.78 is 24.4. The van der Waals surface area contributed by atoms with Crippen molar-refractivity contribution in [3.05, 3.63) is 21.9 Å². The standard InChI is InChI=1S/C10H11BrFNO2/c11-8-9(12)6(2-1-3-13)4-7-10(8)15-5-14-7/h4H,1-3,5,13H2. The minimum atomic E-state index is -0.285. The Labute approximate surface area is 95.5 Å². The Kier molecular flexibility index (Phi) is 3.11. The summed E-state index contributed by atoms with van der Waals surface area (Å²) in [5, 5.41) is 0. The molecule has 15 heavy (non-hydrogen) atoms. The van der Waals surface area contributed by atoms with Crippen LogP contribution in [0, 0.1) is 5.82 Å². The Morgan fingerprint density at radius 3 is 3.00 bits per heavy atom. The highest BCUT2D eigenvalue weighted by atomic mass is 79.9. The number of rotatable bonds is 3. The first-order valence-corrected chi connectivity index (χ1v) is 5.50. The predicted molar refractivity (Wildman–Crippen MR) is 57.6 cm³/mol. The van der Waals surface area contributed by atoms with Crippen molar-refractivity contribution in [1.29, 1.82) is 0 Å². The van der Waals surface area contributed by atoms with E-state index in [0.29, 0.717) is 34.5 Å². The quantitative estimate of drug-likeness (QED) is 0.920. The average molecular weight is 276 g/mol. The third-order valence-corrected chi connectivity index (χ3v) is 2.98. The number of hydrogen-bond donors (Lipinski definition) is 1. The first kappa shape index (κ1) is 10.7. The molecule has 1 aromatic rings. The van der Waals surface area contributed by atoms with E-state index in [4.69, 9.17) is 15.2 Å². The van der Waals surface area contributed by atoms with Crippen LogP contribution < -0.4 is 15.2 Å². The minimum Gasteiger partial charge on any atom is -0.454 e. The Morgan fingerprint density at radius 1 is 1.47 bits per heavy atom. The second-order valence-corrected chi connectivity index (χ2v) is 4.08. The van der Waals surface area contributed by atoms with Gasteiger partial charge in [0.15, 0.2) is 11.5 Å². The zero-order chi connectivity index (χ0) is 10.8. The molecule has 0 spiro atoms. The van der Waals surface area contributed by atoms with Crippen LogP contribution in [0.2, 0.25) is 0 Å². The summed E-state index contributed by atoms with van der Waals surface area (Å²) >= 11 is 3.16. The topological polar surface area (TPSA) is 44.5 Å². The molecule has 1 heterocycles. The molecule has 1 aliphatic heterocycles. The fraction of sp³-hybridized carbons (Fsp3) is 0.400. The van der Waals surface area contributed by atoms with Crippen molar-refractivity contribution in [1.82, 2.24) is 0 Å². The van der Waals surface area contributed by atoms with E-state index in [1.807, 2.05) is 0 Å². The lowest BCUT2D eigenvalue weighted by atomic mass is 10.1. The molecule has 0 radical (unpaired) electrons. The molecule has 82 valence electrons. The second kappa shape index (κ2) is 4.37. The van der Waals surface area contributed by atoms with Crippen molar-refractivity contribution in [2.75, 3.05) is 13.3 Å². The summed E-state index contributed by atoms with van der Waals surface area (Å²) in [6.07, 6.45) is 1.36. The Hall–Kier alpha value is -0.810. The maximum atomic E-state index is 13.8. The minimum absolute atomic E-state index is 0.147. The normalized spacial score (nSPS) is 13.3. The highest BCUT2D eigenvalue weighted by Gasteiger charge is 2.22. The van der Waals surface area contributed by atoms with Crippen LogP contribution in [-0.4, -0.2) is 13.3 Å². The average Bonchev–Trinajstić information content (AvgIpc) is 2.69. The van der Waals surface area contributed by atoms with Crippen LogP contribution in [0.15, 0.2) is 10.5 Å². The number of aryl methyl sites for hydroxylation is 1. The number of nitrogens with two attached hydrogens (primary N) is 1. The molecule has 0 amide bonds. The number of hydrogen-bond acceptors (Lipinski definition) is 3. The Balaban J connectivity index is 2.36. The molecule has 3 nitrogen and oxygen atoms in total. The van der Waals surface area contributed by atoms with Crippen LogP contribution in [0.4, 0.5) is 4.39 Å². The molecule has 0 atom stereocenters. The second-order valence-electron chi connectivity index (χ2n) is 3.29. The first-order valence-electron chi connectivity index (χ1n) is 4.70. The van der Waals surface area contributed by atoms with Gasteiger partial charge in [-0.1, -0.05) is 0 Å². The molecular formula is C10H11BrFNO2. The molecule has 2 rings (SSSR count). The lowest BCUT2D eigenvalue weighted by Gasteiger charge is -2.06. The summed E-state index contributed by atoms with van der Waals surface area (Å²) in [7, 11) is 0. The van der Waals surface area contributed by atoms with E-state index in [1.54, 1.807) is 6.07 Å². The van der Waals surface area contributed by atoms with E-state index in [0.717, 1.165) is 6.42 Å². The third kappa shape index (κ3) is 1.94. The molecule has 0 unspecified atom stereocenters. The lowest BCUT2D eigenvalue weighted by molar-refractivity contribution is 0.173. The lowest BCUT2D eigenvalue weighted by Crippen LogP contribution is -2.02. The zero-order valence-electron chi connectivity index (χ0n) is 8.06. The van der Waals surface area contributed by atoms with Crippen molar-refractivity contribution in [3.8, 4) is 11.5 Å². The van der Waals surface area contributed by atoms with Gasteiger partial charge in [-0.25, -0.2) is 4.39 Å². The van der Waals surface area contributed by atoms with Crippen LogP contribution in [0.5, 0.6) is 11.5 Å². The van der Waals surface area contributed by atoms with Gasteiger partial charge in [-0.05, 0) is 46.9 Å². The molecule has 0 fully saturated rings. The predicted octanol–water partition coefficient (Wildman–Crippen LogP) is 2.21. The van der Waals surface area contributed by atoms with Gasteiger partial charge in [-0.3, -0.25) is 0 Å². The Bertz CT molecular complexity index is 384. The maximum absolute atomic E-state index is 13.8. The molecule has 5 heteroatoms. The van der Waals surface area contributed by atoms with E-state index >= 15 is 0 Å². The van der Waals surface area contributed by atoms with Crippen molar-refractivity contribution < 1.29 is 13.9 Å². The fourth-order valence-electron chi connectivity index (χ4n) is 1.50. The molecular weight excluding hydrogens is 265 g/mol. The van der Waals surface area contributed by atoms with Crippen LogP contribution in [-0.2, 0) is 6.42 Å². The summed E-state index contributed by atoms with van der Waals surface area (Å²) in [4.78, 5) is 0. The van der Waals surface area contributed by atoms with Gasteiger partial charge in [0.2, 0.25) is 6.79 Å². The van der Waals surface area contributed by atoms with E-state index in [2.05, 4.69) is 15.9 Å². The van der Waals surface area contributed by atoms with E-state index < -0.39 is 0 Å². The molecule has 0 saturated carbocycles. The van der Waals surface area contributed by atoms with Gasteiger partial charge >= 0.3 is 0 Å². The van der Waals surface area contributed by atoms with Gasteiger partial charge in [0.1, 0.15) is 5.82 Å². The van der Waals surface area contributed by atoms with Crippen molar-refractivity contribution in [2.45, 2.75) is 12.8 Å². The first-order chi connectivity index (χ1) is 7.24. The summed E-state index contributed by atoms with van der Waals surface area (Å²) in [6, 6.07) is 1.68. The number of fused-ring (bicyclic) bond motifs is 1. The molecule has 1 aliphatic rings. The van der Waals surface area contributed by atoms with Gasteiger partial charge in [0.05, 0.1) is 4.47 Å². The molecule has 0 aromatic heterocycles. The van der Waals surface area contributed by atoms with Gasteiger partial charge in [-0.15, -0.1) is 0 Å². The zero-order valence-corrected chi connectivity index (χ0v) is 9.64. The number of ether oxygens (including phenoxy) is 2. The third-order valence-electron chi connectivity index (χ3n) is 2.27. The van der Waals surface area contributed by atoms with Gasteiger partial charge < -0.3 is 15.2 Å². The van der Waals surface area contributed by atoms with Crippen LogP contribution in [0.1, 0.15) is 12.0 Å². The van der Waals surface area contributed by atoms with Gasteiger partial charge in [0, 0.05) is 0 Å². The molecule has 0 bridgehead atoms. The molecule has 1 aromatic carbocycles. The Morgan fingerprint density at radius 2 is 2.27 bits per heavy atom. The van der Waals surface area contributed by atoms with Crippen molar-refractivity contribution in [3.63, 3.8) is 0 Å². The molecule has 2 N–H and O–H groups in total. The van der Waals surface area contributed by atoms with Gasteiger partial charge in [0.25, 0.3) is 0 Å². The van der Waals surface area contributed by atoms with E-state index in [1.165, 1.54) is 0 Å². The highest BCUT2D eigenvalue weighted by molar-refractivity contribution is 9.10. The summed E-state index contributed by atoms with van der Waals surface area (Å²) in [5.74, 6) is 0.756. The monoisotopic (exact) mass is 275 g/mol. The van der Waals surface area contributed by atoms with Crippen LogP contribution in [0.25, 0.3) is 0 Å². The number of benzene rings is 1. The van der Waals surface area contributed by atoms with Gasteiger partial charge in [-0.2, -0.15) is 0 Å². The number of halogens is 2. The van der Waals surface area contributed by atoms with Crippen LogP contribution >= 0.6 is 15.9 Å². The SMILES string of the molecule is NCCCc1cc2c(c(Br)c1F)OCO2. The molecule has 0 saturated heterocycles. The maximum Gasteiger partial charge on any atom is 0.231 e. The van der Waals surface area contributed by atoms with Crippen molar-refractivity contribution in [2.24, 2.45) is 5.73 Å².